The van der Waals surface area contributed by atoms with Gasteiger partial charge in [0.25, 0.3) is 0 Å². The lowest BCUT2D eigenvalue weighted by atomic mass is 9.46. The quantitative estimate of drug-likeness (QED) is 0.397. The Morgan fingerprint density at radius 1 is 1.12 bits per heavy atom. The molecule has 1 spiro atoms. The van der Waals surface area contributed by atoms with Crippen LogP contribution >= 0.6 is 0 Å². The highest BCUT2D eigenvalue weighted by molar-refractivity contribution is 5.30. The van der Waals surface area contributed by atoms with Gasteiger partial charge in [0, 0.05) is 18.3 Å². The second kappa shape index (κ2) is 5.37. The lowest BCUT2D eigenvalue weighted by Crippen LogP contribution is -2.55. The van der Waals surface area contributed by atoms with Crippen molar-refractivity contribution < 1.29 is 14.9 Å². The van der Waals surface area contributed by atoms with Gasteiger partial charge in [-0.1, -0.05) is 31.4 Å². The first-order valence-electron chi connectivity index (χ1n) is 10.6. The van der Waals surface area contributed by atoms with Crippen LogP contribution in [0, 0.1) is 40.9 Å². The van der Waals surface area contributed by atoms with E-state index in [4.69, 9.17) is 16.2 Å². The Kier molecular flexibility index (Phi) is 3.57. The van der Waals surface area contributed by atoms with Crippen LogP contribution in [0.5, 0.6) is 0 Å². The van der Waals surface area contributed by atoms with Crippen molar-refractivity contribution in [3.63, 3.8) is 0 Å². The molecule has 5 aliphatic rings. The molecule has 5 rings (SSSR count). The van der Waals surface area contributed by atoms with Crippen LogP contribution in [0.1, 0.15) is 71.6 Å². The first-order valence-corrected chi connectivity index (χ1v) is 10.6. The van der Waals surface area contributed by atoms with Crippen molar-refractivity contribution in [2.75, 3.05) is 6.61 Å². The smallest absolute Gasteiger partial charge is 0.130 e. The standard InChI is InChI=1S/C23H32O3/c1-4-23(24)10-8-19-17-6-5-16-15-22(13-14-25-26-22)12-11-20(16,2)18(17)7-9-21(19,23)3/h1,5,17-19,24H,6-15H2,2-3H3/t17-,18+,19+,20+,21+,22?,23+/m1/s1. The summed E-state index contributed by atoms with van der Waals surface area (Å²) in [6, 6.07) is 0. The zero-order valence-electron chi connectivity index (χ0n) is 16.2. The van der Waals surface area contributed by atoms with Crippen molar-refractivity contribution in [1.82, 2.24) is 0 Å². The monoisotopic (exact) mass is 356 g/mol. The number of hydrogen-bond acceptors (Lipinski definition) is 3. The maximum absolute atomic E-state index is 11.1. The molecule has 3 nitrogen and oxygen atoms in total. The third-order valence-corrected chi connectivity index (χ3v) is 9.51. The van der Waals surface area contributed by atoms with E-state index in [1.165, 1.54) is 12.8 Å². The zero-order chi connectivity index (χ0) is 18.2. The number of allylic oxidation sites excluding steroid dienone is 1. The van der Waals surface area contributed by atoms with E-state index in [1.807, 2.05) is 0 Å². The average molecular weight is 357 g/mol. The third kappa shape index (κ3) is 2.02. The lowest BCUT2D eigenvalue weighted by Gasteiger charge is -2.59. The number of terminal acetylenes is 1. The molecule has 4 aliphatic carbocycles. The van der Waals surface area contributed by atoms with Crippen LogP contribution in [0.3, 0.4) is 0 Å². The van der Waals surface area contributed by atoms with E-state index >= 15 is 0 Å². The van der Waals surface area contributed by atoms with Crippen molar-refractivity contribution in [2.24, 2.45) is 28.6 Å². The predicted octanol–water partition coefficient (Wildman–Crippen LogP) is 4.40. The summed E-state index contributed by atoms with van der Waals surface area (Å²) in [7, 11) is 0. The SMILES string of the molecule is C#C[C@]1(O)CC[C@H]2[C@@H]3CC=C4CC5(CCOO5)CC[C@]4(C)[C@H]3CC[C@@]21C. The Hall–Kier alpha value is -0.820. The normalized spacial score (nSPS) is 55.6. The van der Waals surface area contributed by atoms with Crippen LogP contribution in [0.4, 0.5) is 0 Å². The molecular weight excluding hydrogens is 324 g/mol. The number of hydrogen-bond donors (Lipinski definition) is 1. The highest BCUT2D eigenvalue weighted by Gasteiger charge is 2.64. The molecule has 0 amide bonds. The van der Waals surface area contributed by atoms with E-state index in [1.54, 1.807) is 5.57 Å². The highest BCUT2D eigenvalue weighted by Crippen LogP contribution is 2.67. The summed E-state index contributed by atoms with van der Waals surface area (Å²) in [5, 5.41) is 11.1. The van der Waals surface area contributed by atoms with Gasteiger partial charge >= 0.3 is 0 Å². The van der Waals surface area contributed by atoms with Gasteiger partial charge in [-0.05, 0) is 68.1 Å². The molecule has 0 aromatic heterocycles. The summed E-state index contributed by atoms with van der Waals surface area (Å²) in [6.45, 7) is 5.51. The van der Waals surface area contributed by atoms with Crippen LogP contribution in [0.2, 0.25) is 0 Å². The molecule has 3 saturated carbocycles. The minimum Gasteiger partial charge on any atom is -0.377 e. The topological polar surface area (TPSA) is 38.7 Å². The number of aliphatic hydroxyl groups is 1. The summed E-state index contributed by atoms with van der Waals surface area (Å²) >= 11 is 0. The van der Waals surface area contributed by atoms with Gasteiger partial charge in [-0.3, -0.25) is 0 Å². The summed E-state index contributed by atoms with van der Waals surface area (Å²) in [5.74, 6) is 4.73. The molecule has 3 heteroatoms. The first-order chi connectivity index (χ1) is 12.4. The Balaban J connectivity index is 1.47. The molecule has 0 aromatic rings. The molecule has 1 aliphatic heterocycles. The van der Waals surface area contributed by atoms with E-state index in [0.717, 1.165) is 57.5 Å². The molecule has 0 radical (unpaired) electrons. The Morgan fingerprint density at radius 2 is 1.92 bits per heavy atom. The number of fused-ring (bicyclic) bond motifs is 5. The van der Waals surface area contributed by atoms with Gasteiger partial charge in [0.2, 0.25) is 0 Å². The molecule has 1 N–H and O–H groups in total. The van der Waals surface area contributed by atoms with Crippen LogP contribution < -0.4 is 0 Å². The van der Waals surface area contributed by atoms with E-state index in [0.29, 0.717) is 11.8 Å². The minimum absolute atomic E-state index is 0.0571. The summed E-state index contributed by atoms with van der Waals surface area (Å²) in [4.78, 5) is 11.0. The molecular formula is C23H32O3. The van der Waals surface area contributed by atoms with E-state index in [-0.39, 0.29) is 16.4 Å². The van der Waals surface area contributed by atoms with Gasteiger partial charge in [-0.15, -0.1) is 6.42 Å². The molecule has 1 unspecified atom stereocenters. The second-order valence-corrected chi connectivity index (χ2v) is 10.3. The Bertz CT molecular complexity index is 684. The van der Waals surface area contributed by atoms with Crippen molar-refractivity contribution in [3.05, 3.63) is 11.6 Å². The Morgan fingerprint density at radius 3 is 2.65 bits per heavy atom. The average Bonchev–Trinajstić information content (AvgIpc) is 3.19. The van der Waals surface area contributed by atoms with Crippen LogP contribution in [0.15, 0.2) is 11.6 Å². The molecule has 26 heavy (non-hydrogen) atoms. The molecule has 1 saturated heterocycles. The van der Waals surface area contributed by atoms with Gasteiger partial charge in [-0.2, -0.15) is 0 Å². The van der Waals surface area contributed by atoms with E-state index in [2.05, 4.69) is 25.8 Å². The number of rotatable bonds is 0. The fraction of sp³-hybridized carbons (Fsp3) is 0.826. The summed E-state index contributed by atoms with van der Waals surface area (Å²) < 4.78 is 0. The second-order valence-electron chi connectivity index (χ2n) is 10.3. The van der Waals surface area contributed by atoms with Gasteiger partial charge in [0.15, 0.2) is 0 Å². The van der Waals surface area contributed by atoms with Crippen molar-refractivity contribution in [1.29, 1.82) is 0 Å². The molecule has 142 valence electrons. The lowest BCUT2D eigenvalue weighted by molar-refractivity contribution is -0.314. The van der Waals surface area contributed by atoms with Crippen LogP contribution in [-0.2, 0) is 9.78 Å². The van der Waals surface area contributed by atoms with Gasteiger partial charge in [0.05, 0.1) is 6.61 Å². The van der Waals surface area contributed by atoms with Crippen LogP contribution in [0.25, 0.3) is 0 Å². The largest absolute Gasteiger partial charge is 0.377 e. The minimum atomic E-state index is -0.904. The maximum atomic E-state index is 11.1. The maximum Gasteiger partial charge on any atom is 0.130 e. The van der Waals surface area contributed by atoms with Crippen molar-refractivity contribution >= 4 is 0 Å². The molecule has 1 heterocycles. The highest BCUT2D eigenvalue weighted by atomic mass is 17.2. The first kappa shape index (κ1) is 17.3. The summed E-state index contributed by atoms with van der Waals surface area (Å²) in [6.07, 6.45) is 18.0. The van der Waals surface area contributed by atoms with E-state index < -0.39 is 5.60 Å². The molecule has 0 bridgehead atoms. The zero-order valence-corrected chi connectivity index (χ0v) is 16.2. The fourth-order valence-electron chi connectivity index (χ4n) is 7.67. The third-order valence-electron chi connectivity index (χ3n) is 9.51. The predicted molar refractivity (Wildman–Crippen MR) is 99.9 cm³/mol. The Labute approximate surface area is 157 Å². The van der Waals surface area contributed by atoms with Crippen LogP contribution in [-0.4, -0.2) is 22.9 Å². The van der Waals surface area contributed by atoms with Crippen molar-refractivity contribution in [2.45, 2.75) is 82.8 Å². The molecule has 4 fully saturated rings. The summed E-state index contributed by atoms with van der Waals surface area (Å²) in [5.41, 5.74) is 0.836. The van der Waals surface area contributed by atoms with E-state index in [9.17, 15) is 5.11 Å². The van der Waals surface area contributed by atoms with Gasteiger partial charge in [-0.25, -0.2) is 9.78 Å². The fourth-order valence-corrected chi connectivity index (χ4v) is 7.67. The van der Waals surface area contributed by atoms with Gasteiger partial charge < -0.3 is 5.11 Å². The molecule has 0 aromatic carbocycles. The molecule has 7 atom stereocenters. The van der Waals surface area contributed by atoms with Gasteiger partial charge in [0.1, 0.15) is 11.2 Å². The van der Waals surface area contributed by atoms with Crippen molar-refractivity contribution in [3.8, 4) is 12.3 Å².